The predicted molar refractivity (Wildman–Crippen MR) is 68.2 cm³/mol. The summed E-state index contributed by atoms with van der Waals surface area (Å²) in [5.74, 6) is 0.865. The van der Waals surface area contributed by atoms with Gasteiger partial charge in [0.05, 0.1) is 11.9 Å². The molecule has 0 saturated carbocycles. The molecule has 0 aromatic carbocycles. The molecule has 17 heavy (non-hydrogen) atoms. The van der Waals surface area contributed by atoms with Crippen molar-refractivity contribution in [1.82, 2.24) is 15.2 Å². The van der Waals surface area contributed by atoms with E-state index in [4.69, 9.17) is 4.74 Å². The lowest BCUT2D eigenvalue weighted by atomic mass is 10.3. The van der Waals surface area contributed by atoms with Crippen LogP contribution in [0.4, 0.5) is 0 Å². The van der Waals surface area contributed by atoms with Gasteiger partial charge < -0.3 is 10.1 Å². The Morgan fingerprint density at radius 2 is 2.18 bits per heavy atom. The highest BCUT2D eigenvalue weighted by Gasteiger charge is 2.10. The number of nitrogens with zero attached hydrogens (tertiary/aromatic N) is 2. The lowest BCUT2D eigenvalue weighted by Crippen LogP contribution is -2.25. The molecule has 0 atom stereocenters. The molecule has 2 heterocycles. The van der Waals surface area contributed by atoms with Crippen molar-refractivity contribution >= 4 is 0 Å². The van der Waals surface area contributed by atoms with E-state index in [9.17, 15) is 0 Å². The highest BCUT2D eigenvalue weighted by molar-refractivity contribution is 5.19. The molecule has 1 fully saturated rings. The van der Waals surface area contributed by atoms with E-state index in [1.807, 2.05) is 19.2 Å². The van der Waals surface area contributed by atoms with Gasteiger partial charge in [-0.3, -0.25) is 9.88 Å². The fraction of sp³-hybridized carbons (Fsp3) is 0.615. The Labute approximate surface area is 103 Å². The largest absolute Gasteiger partial charge is 0.491 e. The Morgan fingerprint density at radius 3 is 2.82 bits per heavy atom. The normalized spacial score (nSPS) is 16.3. The topological polar surface area (TPSA) is 37.4 Å². The smallest absolute Gasteiger partial charge is 0.137 e. The Bertz CT molecular complexity index is 320. The molecule has 94 valence electrons. The Morgan fingerprint density at radius 1 is 1.35 bits per heavy atom. The number of nitrogens with one attached hydrogen (secondary N) is 1. The first-order chi connectivity index (χ1) is 8.38. The van der Waals surface area contributed by atoms with Crippen molar-refractivity contribution in [2.45, 2.75) is 19.4 Å². The second kappa shape index (κ2) is 6.57. The molecule has 1 saturated heterocycles. The first kappa shape index (κ1) is 12.3. The average molecular weight is 235 g/mol. The van der Waals surface area contributed by atoms with Crippen LogP contribution >= 0.6 is 0 Å². The highest BCUT2D eigenvalue weighted by Crippen LogP contribution is 2.10. The van der Waals surface area contributed by atoms with Crippen LogP contribution in [0.3, 0.4) is 0 Å². The van der Waals surface area contributed by atoms with Crippen LogP contribution in [0.25, 0.3) is 0 Å². The summed E-state index contributed by atoms with van der Waals surface area (Å²) in [6.07, 6.45) is 4.47. The molecule has 1 aliphatic heterocycles. The summed E-state index contributed by atoms with van der Waals surface area (Å²) < 4.78 is 5.68. The summed E-state index contributed by atoms with van der Waals surface area (Å²) in [6, 6.07) is 3.99. The van der Waals surface area contributed by atoms with E-state index < -0.39 is 0 Å². The maximum Gasteiger partial charge on any atom is 0.137 e. The summed E-state index contributed by atoms with van der Waals surface area (Å²) in [6.45, 7) is 5.03. The number of hydrogen-bond acceptors (Lipinski definition) is 4. The van der Waals surface area contributed by atoms with E-state index >= 15 is 0 Å². The van der Waals surface area contributed by atoms with Crippen LogP contribution in [-0.2, 0) is 6.54 Å². The Hall–Kier alpha value is -1.13. The van der Waals surface area contributed by atoms with E-state index in [-0.39, 0.29) is 0 Å². The molecule has 0 radical (unpaired) electrons. The zero-order valence-electron chi connectivity index (χ0n) is 10.5. The molecular formula is C13H21N3O. The summed E-state index contributed by atoms with van der Waals surface area (Å²) >= 11 is 0. The molecule has 4 nitrogen and oxygen atoms in total. The minimum absolute atomic E-state index is 0.757. The minimum atomic E-state index is 0.757. The van der Waals surface area contributed by atoms with Gasteiger partial charge in [-0.15, -0.1) is 0 Å². The lowest BCUT2D eigenvalue weighted by molar-refractivity contribution is 0.237. The first-order valence-electron chi connectivity index (χ1n) is 6.33. The summed E-state index contributed by atoms with van der Waals surface area (Å²) in [5.41, 5.74) is 1.04. The van der Waals surface area contributed by atoms with Crippen molar-refractivity contribution in [1.29, 1.82) is 0 Å². The molecular weight excluding hydrogens is 214 g/mol. The summed E-state index contributed by atoms with van der Waals surface area (Å²) in [7, 11) is 1.92. The number of ether oxygens (including phenoxy) is 1. The van der Waals surface area contributed by atoms with E-state index in [0.717, 1.165) is 31.1 Å². The van der Waals surface area contributed by atoms with Crippen molar-refractivity contribution in [2.75, 3.05) is 33.3 Å². The number of aromatic nitrogens is 1. The van der Waals surface area contributed by atoms with Crippen LogP contribution in [-0.4, -0.2) is 43.2 Å². The highest BCUT2D eigenvalue weighted by atomic mass is 16.5. The third-order valence-corrected chi connectivity index (χ3v) is 3.03. The molecule has 1 aromatic heterocycles. The zero-order chi connectivity index (χ0) is 11.9. The molecule has 1 aliphatic rings. The van der Waals surface area contributed by atoms with Crippen molar-refractivity contribution in [2.24, 2.45) is 0 Å². The third-order valence-electron chi connectivity index (χ3n) is 3.03. The monoisotopic (exact) mass is 235 g/mol. The summed E-state index contributed by atoms with van der Waals surface area (Å²) in [4.78, 5) is 6.76. The van der Waals surface area contributed by atoms with Crippen LogP contribution in [0.1, 0.15) is 18.5 Å². The lowest BCUT2D eigenvalue weighted by Gasteiger charge is -2.14. The first-order valence-corrected chi connectivity index (χ1v) is 6.33. The fourth-order valence-electron chi connectivity index (χ4n) is 2.08. The predicted octanol–water partition coefficient (Wildman–Crippen LogP) is 1.28. The Kier molecular flexibility index (Phi) is 4.76. The van der Waals surface area contributed by atoms with Gasteiger partial charge in [0.1, 0.15) is 12.4 Å². The second-order valence-electron chi connectivity index (χ2n) is 4.41. The maximum absolute atomic E-state index is 5.68. The minimum Gasteiger partial charge on any atom is -0.491 e. The van der Waals surface area contributed by atoms with E-state index in [1.165, 1.54) is 25.9 Å². The zero-order valence-corrected chi connectivity index (χ0v) is 10.5. The standard InChI is InChI=1S/C13H21N3O/c1-14-10-12-4-5-13(11-15-12)17-9-8-16-6-2-3-7-16/h4-5,11,14H,2-3,6-10H2,1H3. The van der Waals surface area contributed by atoms with Crippen LogP contribution in [0.2, 0.25) is 0 Å². The van der Waals surface area contributed by atoms with Gasteiger partial charge >= 0.3 is 0 Å². The fourth-order valence-corrected chi connectivity index (χ4v) is 2.08. The molecule has 0 bridgehead atoms. The molecule has 1 N–H and O–H groups in total. The number of rotatable bonds is 6. The van der Waals surface area contributed by atoms with Crippen molar-refractivity contribution in [3.8, 4) is 5.75 Å². The van der Waals surface area contributed by atoms with Crippen molar-refractivity contribution in [3.05, 3.63) is 24.0 Å². The van der Waals surface area contributed by atoms with Gasteiger partial charge in [-0.05, 0) is 45.1 Å². The SMILES string of the molecule is CNCc1ccc(OCCN2CCCC2)cn1. The van der Waals surface area contributed by atoms with Crippen LogP contribution < -0.4 is 10.1 Å². The second-order valence-corrected chi connectivity index (χ2v) is 4.41. The third kappa shape index (κ3) is 3.98. The molecule has 2 rings (SSSR count). The van der Waals surface area contributed by atoms with Crippen molar-refractivity contribution in [3.63, 3.8) is 0 Å². The van der Waals surface area contributed by atoms with Gasteiger partial charge in [0.2, 0.25) is 0 Å². The average Bonchev–Trinajstić information content (AvgIpc) is 2.85. The molecule has 0 amide bonds. The van der Waals surface area contributed by atoms with Gasteiger partial charge in [-0.2, -0.15) is 0 Å². The Balaban J connectivity index is 1.70. The quantitative estimate of drug-likeness (QED) is 0.806. The van der Waals surface area contributed by atoms with Gasteiger partial charge in [-0.25, -0.2) is 0 Å². The number of likely N-dealkylation sites (tertiary alicyclic amines) is 1. The number of pyridine rings is 1. The molecule has 0 unspecified atom stereocenters. The van der Waals surface area contributed by atoms with Crippen molar-refractivity contribution < 1.29 is 4.74 Å². The van der Waals surface area contributed by atoms with Gasteiger partial charge in [0.15, 0.2) is 0 Å². The maximum atomic E-state index is 5.68. The van der Waals surface area contributed by atoms with E-state index in [1.54, 1.807) is 6.20 Å². The van der Waals surface area contributed by atoms with Gasteiger partial charge in [0.25, 0.3) is 0 Å². The molecule has 1 aromatic rings. The molecule has 0 aliphatic carbocycles. The molecule has 4 heteroatoms. The number of hydrogen-bond donors (Lipinski definition) is 1. The van der Waals surface area contributed by atoms with E-state index in [0.29, 0.717) is 0 Å². The van der Waals surface area contributed by atoms with Crippen LogP contribution in [0.5, 0.6) is 5.75 Å². The van der Waals surface area contributed by atoms with E-state index in [2.05, 4.69) is 15.2 Å². The molecule has 0 spiro atoms. The summed E-state index contributed by atoms with van der Waals surface area (Å²) in [5, 5.41) is 3.07. The van der Waals surface area contributed by atoms with Gasteiger partial charge in [0, 0.05) is 13.1 Å². The van der Waals surface area contributed by atoms with Crippen LogP contribution in [0, 0.1) is 0 Å². The van der Waals surface area contributed by atoms with Gasteiger partial charge in [-0.1, -0.05) is 0 Å². The van der Waals surface area contributed by atoms with Crippen LogP contribution in [0.15, 0.2) is 18.3 Å².